The van der Waals surface area contributed by atoms with Crippen molar-refractivity contribution in [2.75, 3.05) is 0 Å². The molecule has 19 heavy (non-hydrogen) atoms. The van der Waals surface area contributed by atoms with Gasteiger partial charge >= 0.3 is 0 Å². The van der Waals surface area contributed by atoms with Crippen molar-refractivity contribution in [1.29, 1.82) is 0 Å². The van der Waals surface area contributed by atoms with Crippen LogP contribution in [0.25, 0.3) is 0 Å². The minimum Gasteiger partial charge on any atom is -0.487 e. The monoisotopic (exact) mass is 378 g/mol. The second-order valence-corrected chi connectivity index (χ2v) is 5.70. The van der Waals surface area contributed by atoms with Crippen LogP contribution in [0.2, 0.25) is 15.1 Å². The molecule has 0 aliphatic rings. The van der Waals surface area contributed by atoms with Crippen LogP contribution in [-0.2, 0) is 11.9 Å². The topological polar surface area (TPSA) is 9.23 Å². The average molecular weight is 380 g/mol. The Labute approximate surface area is 135 Å². The zero-order chi connectivity index (χ0) is 13.8. The van der Waals surface area contributed by atoms with Gasteiger partial charge in [0.2, 0.25) is 0 Å². The molecule has 0 N–H and O–H groups in total. The SMILES string of the molecule is Clc1ccc(Cl)c(COc2c(Cl)cccc2CBr)c1. The van der Waals surface area contributed by atoms with Crippen LogP contribution in [0.1, 0.15) is 11.1 Å². The lowest BCUT2D eigenvalue weighted by molar-refractivity contribution is 0.304. The maximum atomic E-state index is 6.14. The summed E-state index contributed by atoms with van der Waals surface area (Å²) in [7, 11) is 0. The van der Waals surface area contributed by atoms with Gasteiger partial charge in [0.05, 0.1) is 5.02 Å². The van der Waals surface area contributed by atoms with Crippen molar-refractivity contribution in [3.63, 3.8) is 0 Å². The molecule has 0 unspecified atom stereocenters. The van der Waals surface area contributed by atoms with Crippen molar-refractivity contribution in [1.82, 2.24) is 0 Å². The van der Waals surface area contributed by atoms with Crippen molar-refractivity contribution in [3.05, 3.63) is 62.6 Å². The molecule has 0 radical (unpaired) electrons. The minimum atomic E-state index is 0.323. The largest absolute Gasteiger partial charge is 0.487 e. The summed E-state index contributed by atoms with van der Waals surface area (Å²) in [6.45, 7) is 0.323. The Morgan fingerprint density at radius 2 is 1.74 bits per heavy atom. The van der Waals surface area contributed by atoms with Crippen LogP contribution in [0.15, 0.2) is 36.4 Å². The molecule has 0 amide bonds. The van der Waals surface area contributed by atoms with Gasteiger partial charge in [-0.15, -0.1) is 0 Å². The summed E-state index contributed by atoms with van der Waals surface area (Å²) in [5.41, 5.74) is 1.82. The lowest BCUT2D eigenvalue weighted by Gasteiger charge is -2.12. The fourth-order valence-electron chi connectivity index (χ4n) is 1.62. The molecule has 0 fully saturated rings. The van der Waals surface area contributed by atoms with Gasteiger partial charge in [-0.05, 0) is 24.3 Å². The highest BCUT2D eigenvalue weighted by Gasteiger charge is 2.09. The van der Waals surface area contributed by atoms with E-state index in [-0.39, 0.29) is 0 Å². The van der Waals surface area contributed by atoms with Crippen molar-refractivity contribution in [2.24, 2.45) is 0 Å². The highest BCUT2D eigenvalue weighted by atomic mass is 79.9. The Morgan fingerprint density at radius 1 is 0.947 bits per heavy atom. The number of para-hydroxylation sites is 1. The summed E-state index contributed by atoms with van der Waals surface area (Å²) in [4.78, 5) is 0. The number of alkyl halides is 1. The molecule has 2 aromatic rings. The Bertz CT molecular complexity index is 587. The minimum absolute atomic E-state index is 0.323. The summed E-state index contributed by atoms with van der Waals surface area (Å²) < 4.78 is 5.78. The zero-order valence-electron chi connectivity index (χ0n) is 9.80. The van der Waals surface area contributed by atoms with Gasteiger partial charge in [-0.2, -0.15) is 0 Å². The lowest BCUT2D eigenvalue weighted by Crippen LogP contribution is -1.99. The van der Waals surface area contributed by atoms with Gasteiger partial charge in [0.1, 0.15) is 12.4 Å². The second kappa shape index (κ2) is 6.85. The van der Waals surface area contributed by atoms with E-state index >= 15 is 0 Å². The predicted molar refractivity (Wildman–Crippen MR) is 84.9 cm³/mol. The van der Waals surface area contributed by atoms with E-state index in [2.05, 4.69) is 15.9 Å². The highest BCUT2D eigenvalue weighted by Crippen LogP contribution is 2.31. The van der Waals surface area contributed by atoms with Gasteiger partial charge in [0.25, 0.3) is 0 Å². The Hall–Kier alpha value is -0.410. The van der Waals surface area contributed by atoms with Crippen molar-refractivity contribution < 1.29 is 4.74 Å². The number of ether oxygens (including phenoxy) is 1. The fourth-order valence-corrected chi connectivity index (χ4v) is 2.68. The third-order valence-electron chi connectivity index (χ3n) is 2.57. The number of rotatable bonds is 4. The van der Waals surface area contributed by atoms with E-state index in [1.165, 1.54) is 0 Å². The molecule has 0 spiro atoms. The first-order valence-electron chi connectivity index (χ1n) is 5.52. The molecule has 1 nitrogen and oxygen atoms in total. The summed E-state index contributed by atoms with van der Waals surface area (Å²) in [5, 5.41) is 2.50. The molecule has 0 heterocycles. The molecule has 0 atom stereocenters. The smallest absolute Gasteiger partial charge is 0.142 e. The molecule has 2 aromatic carbocycles. The van der Waals surface area contributed by atoms with Gasteiger partial charge < -0.3 is 4.74 Å². The van der Waals surface area contributed by atoms with Crippen molar-refractivity contribution in [3.8, 4) is 5.75 Å². The maximum absolute atomic E-state index is 6.14. The normalized spacial score (nSPS) is 10.5. The first kappa shape index (κ1) is 15.0. The molecule has 100 valence electrons. The van der Waals surface area contributed by atoms with E-state index in [4.69, 9.17) is 39.5 Å². The molecule has 0 bridgehead atoms. The molecular weight excluding hydrogens is 370 g/mol. The van der Waals surface area contributed by atoms with E-state index in [0.717, 1.165) is 11.1 Å². The van der Waals surface area contributed by atoms with Crippen molar-refractivity contribution in [2.45, 2.75) is 11.9 Å². The van der Waals surface area contributed by atoms with Crippen LogP contribution in [0.3, 0.4) is 0 Å². The predicted octanol–water partition coefficient (Wildman–Crippen LogP) is 6.12. The highest BCUT2D eigenvalue weighted by molar-refractivity contribution is 9.08. The summed E-state index contributed by atoms with van der Waals surface area (Å²) >= 11 is 21.6. The molecule has 5 heteroatoms. The third kappa shape index (κ3) is 3.79. The van der Waals surface area contributed by atoms with E-state index in [9.17, 15) is 0 Å². The van der Waals surface area contributed by atoms with Gasteiger partial charge in [-0.3, -0.25) is 0 Å². The Balaban J connectivity index is 2.21. The third-order valence-corrected chi connectivity index (χ3v) is 4.08. The molecule has 0 aliphatic heterocycles. The molecule has 0 saturated heterocycles. The van der Waals surface area contributed by atoms with Crippen LogP contribution < -0.4 is 4.74 Å². The number of hydrogen-bond acceptors (Lipinski definition) is 1. The first-order chi connectivity index (χ1) is 9.11. The van der Waals surface area contributed by atoms with Gasteiger partial charge in [0.15, 0.2) is 0 Å². The zero-order valence-corrected chi connectivity index (χ0v) is 13.7. The first-order valence-corrected chi connectivity index (χ1v) is 7.77. The van der Waals surface area contributed by atoms with Crippen LogP contribution in [0.4, 0.5) is 0 Å². The quantitative estimate of drug-likeness (QED) is 0.581. The maximum Gasteiger partial charge on any atom is 0.142 e. The number of hydrogen-bond donors (Lipinski definition) is 0. The number of halogens is 4. The standard InChI is InChI=1S/C14H10BrCl3O/c15-7-9-2-1-3-13(18)14(9)19-8-10-6-11(16)4-5-12(10)17/h1-6H,7-8H2. The lowest BCUT2D eigenvalue weighted by atomic mass is 10.2. The molecule has 0 aliphatic carbocycles. The fraction of sp³-hybridized carbons (Fsp3) is 0.143. The molecule has 0 aromatic heterocycles. The molecule has 2 rings (SSSR count). The summed E-state index contributed by atoms with van der Waals surface area (Å²) in [6, 6.07) is 10.9. The van der Waals surface area contributed by atoms with Gasteiger partial charge in [0, 0.05) is 26.5 Å². The average Bonchev–Trinajstić information content (AvgIpc) is 2.40. The second-order valence-electron chi connectivity index (χ2n) is 3.89. The Kier molecular flexibility index (Phi) is 5.40. The summed E-state index contributed by atoms with van der Waals surface area (Å²) in [6.07, 6.45) is 0. The number of benzene rings is 2. The molecular formula is C14H10BrCl3O. The van der Waals surface area contributed by atoms with Crippen molar-refractivity contribution >= 4 is 50.7 Å². The van der Waals surface area contributed by atoms with E-state index in [1.54, 1.807) is 24.3 Å². The van der Waals surface area contributed by atoms with Gasteiger partial charge in [-0.25, -0.2) is 0 Å². The van der Waals surface area contributed by atoms with E-state index in [0.29, 0.717) is 32.8 Å². The van der Waals surface area contributed by atoms with E-state index in [1.807, 2.05) is 12.1 Å². The van der Waals surface area contributed by atoms with E-state index < -0.39 is 0 Å². The van der Waals surface area contributed by atoms with Crippen LogP contribution >= 0.6 is 50.7 Å². The summed E-state index contributed by atoms with van der Waals surface area (Å²) in [5.74, 6) is 0.664. The molecule has 0 saturated carbocycles. The van der Waals surface area contributed by atoms with Crippen LogP contribution in [0, 0.1) is 0 Å². The van der Waals surface area contributed by atoms with Gasteiger partial charge in [-0.1, -0.05) is 62.9 Å². The van der Waals surface area contributed by atoms with Crippen LogP contribution in [0.5, 0.6) is 5.75 Å². The Morgan fingerprint density at radius 3 is 2.47 bits per heavy atom. The van der Waals surface area contributed by atoms with Crippen LogP contribution in [-0.4, -0.2) is 0 Å².